The van der Waals surface area contributed by atoms with Crippen molar-refractivity contribution in [2.45, 2.75) is 27.3 Å². The van der Waals surface area contributed by atoms with Crippen molar-refractivity contribution in [3.8, 4) is 22.6 Å². The number of aromatic amines is 1. The molecule has 1 aromatic carbocycles. The molecule has 0 atom stereocenters. The minimum atomic E-state index is 0.615. The van der Waals surface area contributed by atoms with Crippen LogP contribution in [0.15, 0.2) is 30.3 Å². The van der Waals surface area contributed by atoms with Crippen LogP contribution in [0.25, 0.3) is 22.6 Å². The van der Waals surface area contributed by atoms with Crippen molar-refractivity contribution in [3.05, 3.63) is 41.9 Å². The Morgan fingerprint density at radius 3 is 2.70 bits per heavy atom. The molecule has 0 saturated carbocycles. The molecule has 120 valence electrons. The zero-order chi connectivity index (χ0) is 16.2. The minimum absolute atomic E-state index is 0.615. The van der Waals surface area contributed by atoms with Gasteiger partial charge in [-0.15, -0.1) is 0 Å². The predicted molar refractivity (Wildman–Crippen MR) is 89.0 cm³/mol. The van der Waals surface area contributed by atoms with Crippen LogP contribution in [0, 0.1) is 13.8 Å². The largest absolute Gasteiger partial charge is 0.380 e. The van der Waals surface area contributed by atoms with Crippen LogP contribution in [0.1, 0.15) is 18.4 Å². The Kier molecular flexibility index (Phi) is 4.52. The fraction of sp³-hybridized carbons (Fsp3) is 0.353. The maximum absolute atomic E-state index is 5.45. The maximum Gasteiger partial charge on any atom is 0.162 e. The van der Waals surface area contributed by atoms with Gasteiger partial charge in [-0.2, -0.15) is 10.2 Å². The molecule has 0 unspecified atom stereocenters. The topological polar surface area (TPSA) is 68.6 Å². The first-order chi connectivity index (χ1) is 11.2. The van der Waals surface area contributed by atoms with E-state index >= 15 is 0 Å². The van der Waals surface area contributed by atoms with E-state index < -0.39 is 0 Å². The van der Waals surface area contributed by atoms with Crippen LogP contribution >= 0.6 is 0 Å². The number of H-pyrrole nitrogens is 1. The average molecular weight is 311 g/mol. The molecule has 0 aliphatic heterocycles. The quantitative estimate of drug-likeness (QED) is 0.711. The number of hydrogen-bond acceptors (Lipinski definition) is 4. The van der Waals surface area contributed by atoms with Gasteiger partial charge >= 0.3 is 0 Å². The van der Waals surface area contributed by atoms with Gasteiger partial charge in [0, 0.05) is 17.9 Å². The van der Waals surface area contributed by atoms with E-state index in [1.807, 2.05) is 55.8 Å². The van der Waals surface area contributed by atoms with Crippen molar-refractivity contribution in [1.29, 1.82) is 0 Å². The molecule has 2 heterocycles. The number of nitrogens with one attached hydrogen (secondary N) is 1. The highest BCUT2D eigenvalue weighted by atomic mass is 16.5. The highest BCUT2D eigenvalue weighted by Gasteiger charge is 2.20. The second-order valence-electron chi connectivity index (χ2n) is 5.34. The third-order valence-electron chi connectivity index (χ3n) is 3.65. The molecule has 0 radical (unpaired) electrons. The first-order valence-electron chi connectivity index (χ1n) is 7.80. The molecule has 0 fully saturated rings. The molecule has 3 aromatic rings. The Labute approximate surface area is 135 Å². The lowest BCUT2D eigenvalue weighted by atomic mass is 10.1. The first-order valence-corrected chi connectivity index (χ1v) is 7.80. The number of rotatable bonds is 6. The van der Waals surface area contributed by atoms with E-state index in [9.17, 15) is 0 Å². The molecule has 0 bridgehead atoms. The van der Waals surface area contributed by atoms with Crippen LogP contribution < -0.4 is 0 Å². The number of hydrogen-bond donors (Lipinski definition) is 1. The van der Waals surface area contributed by atoms with E-state index in [1.165, 1.54) is 0 Å². The SMILES string of the molecule is CCOCCn1nc(C)nc1-c1c(-c2ccccc2)n[nH]c1C. The Hall–Kier alpha value is -2.47. The first kappa shape index (κ1) is 15.4. The lowest BCUT2D eigenvalue weighted by Crippen LogP contribution is -2.09. The molecule has 0 aliphatic rings. The van der Waals surface area contributed by atoms with E-state index in [4.69, 9.17) is 4.74 Å². The molecule has 0 saturated heterocycles. The molecule has 2 aromatic heterocycles. The minimum Gasteiger partial charge on any atom is -0.380 e. The summed E-state index contributed by atoms with van der Waals surface area (Å²) in [7, 11) is 0. The van der Waals surface area contributed by atoms with Gasteiger partial charge in [-0.05, 0) is 20.8 Å². The van der Waals surface area contributed by atoms with E-state index in [0.717, 1.165) is 34.2 Å². The molecule has 0 amide bonds. The summed E-state index contributed by atoms with van der Waals surface area (Å²) in [4.78, 5) is 4.62. The van der Waals surface area contributed by atoms with Gasteiger partial charge in [0.1, 0.15) is 11.5 Å². The second kappa shape index (κ2) is 6.75. The van der Waals surface area contributed by atoms with E-state index in [2.05, 4.69) is 20.3 Å². The zero-order valence-electron chi connectivity index (χ0n) is 13.7. The average Bonchev–Trinajstić information content (AvgIpc) is 3.11. The summed E-state index contributed by atoms with van der Waals surface area (Å²) in [6.07, 6.45) is 0. The van der Waals surface area contributed by atoms with Gasteiger partial charge in [0.2, 0.25) is 0 Å². The Balaban J connectivity index is 2.04. The van der Waals surface area contributed by atoms with Crippen molar-refractivity contribution < 1.29 is 4.74 Å². The fourth-order valence-electron chi connectivity index (χ4n) is 2.60. The van der Waals surface area contributed by atoms with Crippen LogP contribution in [-0.2, 0) is 11.3 Å². The van der Waals surface area contributed by atoms with Gasteiger partial charge in [-0.1, -0.05) is 30.3 Å². The summed E-state index contributed by atoms with van der Waals surface area (Å²) in [5.41, 5.74) is 3.93. The number of nitrogens with zero attached hydrogens (tertiary/aromatic N) is 4. The summed E-state index contributed by atoms with van der Waals surface area (Å²) in [6, 6.07) is 10.1. The lowest BCUT2D eigenvalue weighted by Gasteiger charge is -2.07. The molecule has 0 spiro atoms. The zero-order valence-corrected chi connectivity index (χ0v) is 13.7. The highest BCUT2D eigenvalue weighted by molar-refractivity contribution is 5.79. The van der Waals surface area contributed by atoms with Crippen molar-refractivity contribution in [3.63, 3.8) is 0 Å². The molecule has 1 N–H and O–H groups in total. The van der Waals surface area contributed by atoms with Crippen LogP contribution in [0.2, 0.25) is 0 Å². The normalized spacial score (nSPS) is 11.1. The third kappa shape index (κ3) is 3.17. The summed E-state index contributed by atoms with van der Waals surface area (Å²) in [5.74, 6) is 1.57. The second-order valence-corrected chi connectivity index (χ2v) is 5.34. The van der Waals surface area contributed by atoms with Crippen LogP contribution in [0.3, 0.4) is 0 Å². The van der Waals surface area contributed by atoms with Gasteiger partial charge < -0.3 is 4.74 Å². The smallest absolute Gasteiger partial charge is 0.162 e. The molecule has 6 heteroatoms. The number of aryl methyl sites for hydroxylation is 2. The maximum atomic E-state index is 5.45. The number of benzene rings is 1. The van der Waals surface area contributed by atoms with Crippen LogP contribution in [0.4, 0.5) is 0 Å². The molecule has 3 rings (SSSR count). The van der Waals surface area contributed by atoms with Gasteiger partial charge in [0.25, 0.3) is 0 Å². The molecular formula is C17H21N5O. The van der Waals surface area contributed by atoms with Gasteiger partial charge in [-0.3, -0.25) is 5.10 Å². The number of aromatic nitrogens is 5. The highest BCUT2D eigenvalue weighted by Crippen LogP contribution is 2.31. The van der Waals surface area contributed by atoms with Crippen molar-refractivity contribution >= 4 is 0 Å². The lowest BCUT2D eigenvalue weighted by molar-refractivity contribution is 0.136. The molecule has 23 heavy (non-hydrogen) atoms. The van der Waals surface area contributed by atoms with E-state index in [-0.39, 0.29) is 0 Å². The van der Waals surface area contributed by atoms with Gasteiger partial charge in [-0.25, -0.2) is 9.67 Å². The Bertz CT molecular complexity index is 776. The summed E-state index contributed by atoms with van der Waals surface area (Å²) in [5, 5.41) is 12.0. The summed E-state index contributed by atoms with van der Waals surface area (Å²) < 4.78 is 7.35. The molecule has 0 aliphatic carbocycles. The van der Waals surface area contributed by atoms with Gasteiger partial charge in [0.05, 0.1) is 18.7 Å². The third-order valence-corrected chi connectivity index (χ3v) is 3.65. The Morgan fingerprint density at radius 1 is 1.17 bits per heavy atom. The summed E-state index contributed by atoms with van der Waals surface area (Å²) in [6.45, 7) is 7.88. The fourth-order valence-corrected chi connectivity index (χ4v) is 2.60. The monoisotopic (exact) mass is 311 g/mol. The summed E-state index contributed by atoms with van der Waals surface area (Å²) >= 11 is 0. The van der Waals surface area contributed by atoms with Crippen molar-refractivity contribution in [2.75, 3.05) is 13.2 Å². The van der Waals surface area contributed by atoms with Crippen LogP contribution in [-0.4, -0.2) is 38.2 Å². The van der Waals surface area contributed by atoms with Gasteiger partial charge in [0.15, 0.2) is 5.82 Å². The standard InChI is InChI=1S/C17H21N5O/c1-4-23-11-10-22-17(18-13(3)21-22)15-12(2)19-20-16(15)14-8-6-5-7-9-14/h5-9H,4,10-11H2,1-3H3,(H,19,20). The van der Waals surface area contributed by atoms with E-state index in [1.54, 1.807) is 0 Å². The van der Waals surface area contributed by atoms with Crippen molar-refractivity contribution in [2.24, 2.45) is 0 Å². The predicted octanol–water partition coefficient (Wildman–Crippen LogP) is 2.99. The van der Waals surface area contributed by atoms with Crippen molar-refractivity contribution in [1.82, 2.24) is 25.0 Å². The number of ether oxygens (including phenoxy) is 1. The molecular weight excluding hydrogens is 290 g/mol. The van der Waals surface area contributed by atoms with Crippen LogP contribution in [0.5, 0.6) is 0 Å². The van der Waals surface area contributed by atoms with E-state index in [0.29, 0.717) is 19.8 Å². The Morgan fingerprint density at radius 2 is 1.96 bits per heavy atom. The molecule has 6 nitrogen and oxygen atoms in total.